The summed E-state index contributed by atoms with van der Waals surface area (Å²) in [6.07, 6.45) is 1.09. The monoisotopic (exact) mass is 342 g/mol. The fourth-order valence-corrected chi connectivity index (χ4v) is 3.63. The van der Waals surface area contributed by atoms with Crippen molar-refractivity contribution in [3.63, 3.8) is 0 Å². The minimum atomic E-state index is 1.09. The standard InChI is InChI=1S/C18H15BrS/c19-17-7-3-4-14(12-17)10-11-20-18-9-8-15-5-1-2-6-16(15)13-18/h1-9,12-13H,10-11H2. The van der Waals surface area contributed by atoms with Gasteiger partial charge in [0.1, 0.15) is 0 Å². The van der Waals surface area contributed by atoms with Gasteiger partial charge in [0.15, 0.2) is 0 Å². The van der Waals surface area contributed by atoms with E-state index in [0.717, 1.165) is 16.6 Å². The lowest BCUT2D eigenvalue weighted by Gasteiger charge is -2.04. The van der Waals surface area contributed by atoms with Crippen LogP contribution in [0.15, 0.2) is 76.1 Å². The Bertz CT molecular complexity index is 721. The van der Waals surface area contributed by atoms with Crippen molar-refractivity contribution in [3.8, 4) is 0 Å². The number of hydrogen-bond donors (Lipinski definition) is 0. The molecule has 0 bridgehead atoms. The molecule has 0 N–H and O–H groups in total. The van der Waals surface area contributed by atoms with E-state index in [2.05, 4.69) is 82.7 Å². The Morgan fingerprint density at radius 2 is 1.65 bits per heavy atom. The summed E-state index contributed by atoms with van der Waals surface area (Å²) in [5.41, 5.74) is 1.38. The number of halogens is 1. The zero-order chi connectivity index (χ0) is 13.8. The van der Waals surface area contributed by atoms with Crippen LogP contribution in [0.4, 0.5) is 0 Å². The van der Waals surface area contributed by atoms with E-state index in [-0.39, 0.29) is 0 Å². The van der Waals surface area contributed by atoms with Crippen molar-refractivity contribution >= 4 is 38.5 Å². The maximum Gasteiger partial charge on any atom is 0.0178 e. The molecule has 2 heteroatoms. The summed E-state index contributed by atoms with van der Waals surface area (Å²) in [7, 11) is 0. The summed E-state index contributed by atoms with van der Waals surface area (Å²) in [6.45, 7) is 0. The first-order chi connectivity index (χ1) is 9.81. The predicted molar refractivity (Wildman–Crippen MR) is 92.5 cm³/mol. The smallest absolute Gasteiger partial charge is 0.0178 e. The van der Waals surface area contributed by atoms with E-state index in [4.69, 9.17) is 0 Å². The number of hydrogen-bond acceptors (Lipinski definition) is 1. The van der Waals surface area contributed by atoms with E-state index in [1.165, 1.54) is 21.2 Å². The minimum absolute atomic E-state index is 1.09. The molecule has 0 aromatic heterocycles. The molecule has 0 saturated carbocycles. The summed E-state index contributed by atoms with van der Waals surface area (Å²) in [4.78, 5) is 1.35. The zero-order valence-corrected chi connectivity index (χ0v) is 13.5. The number of benzene rings is 3. The maximum atomic E-state index is 3.52. The van der Waals surface area contributed by atoms with Gasteiger partial charge in [-0.1, -0.05) is 58.4 Å². The molecule has 0 aliphatic carbocycles. The molecule has 0 aliphatic heterocycles. The van der Waals surface area contributed by atoms with Crippen LogP contribution in [0.25, 0.3) is 10.8 Å². The first-order valence-electron chi connectivity index (χ1n) is 6.67. The van der Waals surface area contributed by atoms with Gasteiger partial charge in [-0.3, -0.25) is 0 Å². The molecule has 0 spiro atoms. The van der Waals surface area contributed by atoms with Crippen LogP contribution in [0, 0.1) is 0 Å². The molecule has 3 rings (SSSR count). The molecule has 3 aromatic carbocycles. The average molecular weight is 343 g/mol. The van der Waals surface area contributed by atoms with Crippen molar-refractivity contribution in [1.29, 1.82) is 0 Å². The molecule has 20 heavy (non-hydrogen) atoms. The number of fused-ring (bicyclic) bond motifs is 1. The van der Waals surface area contributed by atoms with Crippen LogP contribution in [0.2, 0.25) is 0 Å². The van der Waals surface area contributed by atoms with Crippen molar-refractivity contribution in [2.75, 3.05) is 5.75 Å². The highest BCUT2D eigenvalue weighted by Gasteiger charge is 1.99. The molecular weight excluding hydrogens is 328 g/mol. The Morgan fingerprint density at radius 3 is 2.50 bits per heavy atom. The zero-order valence-electron chi connectivity index (χ0n) is 11.1. The number of rotatable bonds is 4. The Morgan fingerprint density at radius 1 is 0.800 bits per heavy atom. The normalized spacial score (nSPS) is 10.8. The molecule has 100 valence electrons. The molecule has 0 atom stereocenters. The van der Waals surface area contributed by atoms with Gasteiger partial charge in [-0.2, -0.15) is 0 Å². The Balaban J connectivity index is 1.65. The van der Waals surface area contributed by atoms with Crippen molar-refractivity contribution in [3.05, 3.63) is 76.8 Å². The van der Waals surface area contributed by atoms with E-state index < -0.39 is 0 Å². The molecule has 0 nitrogen and oxygen atoms in total. The predicted octanol–water partition coefficient (Wildman–Crippen LogP) is 5.94. The van der Waals surface area contributed by atoms with Crippen LogP contribution in [0.5, 0.6) is 0 Å². The van der Waals surface area contributed by atoms with Crippen LogP contribution in [0.1, 0.15) is 5.56 Å². The van der Waals surface area contributed by atoms with Crippen LogP contribution < -0.4 is 0 Å². The van der Waals surface area contributed by atoms with Crippen LogP contribution in [-0.4, -0.2) is 5.75 Å². The molecule has 0 fully saturated rings. The molecule has 0 aliphatic rings. The van der Waals surface area contributed by atoms with Crippen molar-refractivity contribution < 1.29 is 0 Å². The molecule has 0 unspecified atom stereocenters. The summed E-state index contributed by atoms with van der Waals surface area (Å²) in [5.74, 6) is 1.11. The lowest BCUT2D eigenvalue weighted by molar-refractivity contribution is 1.15. The fourth-order valence-electron chi connectivity index (χ4n) is 2.24. The van der Waals surface area contributed by atoms with Crippen molar-refractivity contribution in [1.82, 2.24) is 0 Å². The lowest BCUT2D eigenvalue weighted by atomic mass is 10.1. The summed E-state index contributed by atoms with van der Waals surface area (Å²) >= 11 is 5.44. The molecule has 0 heterocycles. The molecule has 0 amide bonds. The number of thioether (sulfide) groups is 1. The average Bonchev–Trinajstić information content (AvgIpc) is 2.47. The van der Waals surface area contributed by atoms with Crippen molar-refractivity contribution in [2.24, 2.45) is 0 Å². The van der Waals surface area contributed by atoms with E-state index in [9.17, 15) is 0 Å². The van der Waals surface area contributed by atoms with E-state index in [0.29, 0.717) is 0 Å². The van der Waals surface area contributed by atoms with Gasteiger partial charge in [0, 0.05) is 15.1 Å². The van der Waals surface area contributed by atoms with Gasteiger partial charge < -0.3 is 0 Å². The highest BCUT2D eigenvalue weighted by atomic mass is 79.9. The van der Waals surface area contributed by atoms with Crippen molar-refractivity contribution in [2.45, 2.75) is 11.3 Å². The fraction of sp³-hybridized carbons (Fsp3) is 0.111. The second kappa shape index (κ2) is 6.47. The van der Waals surface area contributed by atoms with Crippen LogP contribution in [0.3, 0.4) is 0 Å². The summed E-state index contributed by atoms with van der Waals surface area (Å²) in [5, 5.41) is 2.63. The largest absolute Gasteiger partial charge is 0.126 e. The topological polar surface area (TPSA) is 0 Å². The van der Waals surface area contributed by atoms with Crippen LogP contribution >= 0.6 is 27.7 Å². The quantitative estimate of drug-likeness (QED) is 0.529. The first-order valence-corrected chi connectivity index (χ1v) is 8.45. The van der Waals surface area contributed by atoms with Gasteiger partial charge >= 0.3 is 0 Å². The van der Waals surface area contributed by atoms with Gasteiger partial charge in [0.2, 0.25) is 0 Å². The lowest BCUT2D eigenvalue weighted by Crippen LogP contribution is -1.88. The third-order valence-corrected chi connectivity index (χ3v) is 4.76. The van der Waals surface area contributed by atoms with Gasteiger partial charge in [-0.25, -0.2) is 0 Å². The molecule has 0 radical (unpaired) electrons. The summed E-state index contributed by atoms with van der Waals surface area (Å²) in [6, 6.07) is 23.8. The SMILES string of the molecule is Brc1cccc(CCSc2ccc3ccccc3c2)c1. The maximum absolute atomic E-state index is 3.52. The third kappa shape index (κ3) is 3.44. The Kier molecular flexibility index (Phi) is 4.44. The van der Waals surface area contributed by atoms with E-state index in [1.54, 1.807) is 0 Å². The molecular formula is C18H15BrS. The third-order valence-electron chi connectivity index (χ3n) is 3.27. The minimum Gasteiger partial charge on any atom is -0.126 e. The molecule has 0 saturated heterocycles. The second-order valence-corrected chi connectivity index (χ2v) is 6.82. The second-order valence-electron chi connectivity index (χ2n) is 4.74. The Labute approximate surface area is 132 Å². The van der Waals surface area contributed by atoms with Crippen LogP contribution in [-0.2, 0) is 6.42 Å². The van der Waals surface area contributed by atoms with Gasteiger partial charge in [0.05, 0.1) is 0 Å². The van der Waals surface area contributed by atoms with E-state index in [1.807, 2.05) is 11.8 Å². The Hall–Kier alpha value is -1.25. The van der Waals surface area contributed by atoms with Gasteiger partial charge in [0.25, 0.3) is 0 Å². The first kappa shape index (κ1) is 13.7. The highest BCUT2D eigenvalue weighted by molar-refractivity contribution is 9.10. The van der Waals surface area contributed by atoms with Gasteiger partial charge in [-0.15, -0.1) is 11.8 Å². The number of aryl methyl sites for hydroxylation is 1. The van der Waals surface area contributed by atoms with Gasteiger partial charge in [-0.05, 0) is 47.0 Å². The van der Waals surface area contributed by atoms with E-state index >= 15 is 0 Å². The summed E-state index contributed by atoms with van der Waals surface area (Å²) < 4.78 is 1.16. The highest BCUT2D eigenvalue weighted by Crippen LogP contribution is 2.24. The molecule has 3 aromatic rings.